The van der Waals surface area contributed by atoms with Crippen LogP contribution < -0.4 is 10.6 Å². The van der Waals surface area contributed by atoms with Gasteiger partial charge in [-0.15, -0.1) is 0 Å². The summed E-state index contributed by atoms with van der Waals surface area (Å²) in [5, 5.41) is 7.04. The Kier molecular flexibility index (Phi) is 2.69. The molecule has 0 atom stereocenters. The van der Waals surface area contributed by atoms with Crippen LogP contribution in [0.5, 0.6) is 0 Å². The molecule has 0 bridgehead atoms. The van der Waals surface area contributed by atoms with Crippen molar-refractivity contribution in [2.45, 2.75) is 38.8 Å². The van der Waals surface area contributed by atoms with E-state index in [1.807, 2.05) is 0 Å². The zero-order valence-corrected chi connectivity index (χ0v) is 7.04. The van der Waals surface area contributed by atoms with E-state index in [0.717, 1.165) is 0 Å². The third kappa shape index (κ3) is 1.50. The van der Waals surface area contributed by atoms with Gasteiger partial charge in [0.1, 0.15) is 0 Å². The SMILES string of the molecule is CCC1(CC)NCCCN1. The second-order valence-corrected chi connectivity index (χ2v) is 3.00. The van der Waals surface area contributed by atoms with Gasteiger partial charge in [-0.25, -0.2) is 0 Å². The molecular formula is C8H18N2. The van der Waals surface area contributed by atoms with Crippen molar-refractivity contribution < 1.29 is 0 Å². The molecule has 60 valence electrons. The van der Waals surface area contributed by atoms with Gasteiger partial charge in [0, 0.05) is 0 Å². The van der Waals surface area contributed by atoms with Gasteiger partial charge in [0.05, 0.1) is 5.66 Å². The van der Waals surface area contributed by atoms with Gasteiger partial charge in [-0.1, -0.05) is 13.8 Å². The van der Waals surface area contributed by atoms with Crippen molar-refractivity contribution >= 4 is 0 Å². The van der Waals surface area contributed by atoms with Crippen molar-refractivity contribution in [2.75, 3.05) is 13.1 Å². The molecule has 1 rings (SSSR count). The zero-order valence-electron chi connectivity index (χ0n) is 7.04. The van der Waals surface area contributed by atoms with E-state index in [1.165, 1.54) is 32.4 Å². The Labute approximate surface area is 63.4 Å². The van der Waals surface area contributed by atoms with Gasteiger partial charge in [0.15, 0.2) is 0 Å². The lowest BCUT2D eigenvalue weighted by atomic mass is 10.0. The first-order valence-electron chi connectivity index (χ1n) is 4.33. The van der Waals surface area contributed by atoms with E-state index >= 15 is 0 Å². The molecule has 0 aromatic rings. The molecule has 2 heteroatoms. The summed E-state index contributed by atoms with van der Waals surface area (Å²) < 4.78 is 0. The maximum Gasteiger partial charge on any atom is 0.0681 e. The molecule has 1 heterocycles. The van der Waals surface area contributed by atoms with Crippen LogP contribution in [0.4, 0.5) is 0 Å². The monoisotopic (exact) mass is 142 g/mol. The predicted octanol–water partition coefficient (Wildman–Crippen LogP) is 1.09. The van der Waals surface area contributed by atoms with Crippen molar-refractivity contribution in [1.82, 2.24) is 10.6 Å². The highest BCUT2D eigenvalue weighted by molar-refractivity contribution is 4.85. The highest BCUT2D eigenvalue weighted by atomic mass is 15.2. The Morgan fingerprint density at radius 3 is 1.90 bits per heavy atom. The zero-order chi connectivity index (χ0) is 7.45. The Bertz CT molecular complexity index is 89.4. The Morgan fingerprint density at radius 1 is 1.10 bits per heavy atom. The minimum Gasteiger partial charge on any atom is -0.299 e. The van der Waals surface area contributed by atoms with Crippen LogP contribution in [0.15, 0.2) is 0 Å². The van der Waals surface area contributed by atoms with Gasteiger partial charge in [-0.3, -0.25) is 10.6 Å². The van der Waals surface area contributed by atoms with Crippen LogP contribution in [0, 0.1) is 0 Å². The van der Waals surface area contributed by atoms with Crippen LogP contribution in [-0.2, 0) is 0 Å². The van der Waals surface area contributed by atoms with Crippen LogP contribution in [0.1, 0.15) is 33.1 Å². The third-order valence-corrected chi connectivity index (χ3v) is 2.49. The molecule has 2 N–H and O–H groups in total. The lowest BCUT2D eigenvalue weighted by Crippen LogP contribution is -2.60. The molecule has 0 saturated carbocycles. The first kappa shape index (κ1) is 8.02. The maximum atomic E-state index is 3.52. The molecule has 1 aliphatic heterocycles. The normalized spacial score (nSPS) is 24.6. The molecule has 0 aliphatic carbocycles. The molecule has 1 fully saturated rings. The number of nitrogens with one attached hydrogen (secondary N) is 2. The predicted molar refractivity (Wildman–Crippen MR) is 43.9 cm³/mol. The summed E-state index contributed by atoms with van der Waals surface area (Å²) in [4.78, 5) is 0. The molecule has 0 aromatic heterocycles. The number of hydrogen-bond donors (Lipinski definition) is 2. The van der Waals surface area contributed by atoms with Gasteiger partial charge in [0.2, 0.25) is 0 Å². The van der Waals surface area contributed by atoms with Gasteiger partial charge in [-0.2, -0.15) is 0 Å². The molecule has 0 unspecified atom stereocenters. The fourth-order valence-corrected chi connectivity index (χ4v) is 1.56. The molecular weight excluding hydrogens is 124 g/mol. The van der Waals surface area contributed by atoms with Crippen molar-refractivity contribution in [3.05, 3.63) is 0 Å². The van der Waals surface area contributed by atoms with Crippen LogP contribution in [0.3, 0.4) is 0 Å². The molecule has 0 aromatic carbocycles. The van der Waals surface area contributed by atoms with E-state index in [-0.39, 0.29) is 5.66 Å². The average Bonchev–Trinajstić information content (AvgIpc) is 2.06. The average molecular weight is 142 g/mol. The molecule has 10 heavy (non-hydrogen) atoms. The summed E-state index contributed by atoms with van der Waals surface area (Å²) in [6, 6.07) is 0. The molecule has 0 amide bonds. The van der Waals surface area contributed by atoms with Crippen LogP contribution >= 0.6 is 0 Å². The second-order valence-electron chi connectivity index (χ2n) is 3.00. The summed E-state index contributed by atoms with van der Waals surface area (Å²) >= 11 is 0. The molecule has 1 aliphatic rings. The smallest absolute Gasteiger partial charge is 0.0681 e. The summed E-state index contributed by atoms with van der Waals surface area (Å²) in [6.45, 7) is 6.81. The van der Waals surface area contributed by atoms with Crippen molar-refractivity contribution in [2.24, 2.45) is 0 Å². The topological polar surface area (TPSA) is 24.1 Å². The summed E-state index contributed by atoms with van der Waals surface area (Å²) in [6.07, 6.45) is 3.63. The fraction of sp³-hybridized carbons (Fsp3) is 1.00. The van der Waals surface area contributed by atoms with E-state index in [4.69, 9.17) is 0 Å². The van der Waals surface area contributed by atoms with Gasteiger partial charge < -0.3 is 0 Å². The van der Waals surface area contributed by atoms with Gasteiger partial charge in [-0.05, 0) is 32.4 Å². The third-order valence-electron chi connectivity index (χ3n) is 2.49. The van der Waals surface area contributed by atoms with E-state index in [2.05, 4.69) is 24.5 Å². The largest absolute Gasteiger partial charge is 0.299 e. The lowest BCUT2D eigenvalue weighted by molar-refractivity contribution is 0.205. The minimum atomic E-state index is 0.262. The van der Waals surface area contributed by atoms with Crippen LogP contribution in [0.2, 0.25) is 0 Å². The van der Waals surface area contributed by atoms with E-state index in [0.29, 0.717) is 0 Å². The number of hydrogen-bond acceptors (Lipinski definition) is 2. The maximum absolute atomic E-state index is 3.52. The summed E-state index contributed by atoms with van der Waals surface area (Å²) in [5.74, 6) is 0. The van der Waals surface area contributed by atoms with Crippen LogP contribution in [0.25, 0.3) is 0 Å². The van der Waals surface area contributed by atoms with Crippen LogP contribution in [-0.4, -0.2) is 18.8 Å². The molecule has 0 radical (unpaired) electrons. The quantitative estimate of drug-likeness (QED) is 0.603. The summed E-state index contributed by atoms with van der Waals surface area (Å²) in [7, 11) is 0. The Morgan fingerprint density at radius 2 is 1.60 bits per heavy atom. The minimum absolute atomic E-state index is 0.262. The Hall–Kier alpha value is -0.0800. The second kappa shape index (κ2) is 3.35. The molecule has 2 nitrogen and oxygen atoms in total. The highest BCUT2D eigenvalue weighted by Gasteiger charge is 2.26. The van der Waals surface area contributed by atoms with E-state index in [9.17, 15) is 0 Å². The fourth-order valence-electron chi connectivity index (χ4n) is 1.56. The number of rotatable bonds is 2. The van der Waals surface area contributed by atoms with Crippen molar-refractivity contribution in [1.29, 1.82) is 0 Å². The first-order chi connectivity index (χ1) is 4.83. The molecule has 0 spiro atoms. The summed E-state index contributed by atoms with van der Waals surface area (Å²) in [5.41, 5.74) is 0.262. The van der Waals surface area contributed by atoms with Gasteiger partial charge in [0.25, 0.3) is 0 Å². The van der Waals surface area contributed by atoms with Crippen molar-refractivity contribution in [3.8, 4) is 0 Å². The molecule has 1 saturated heterocycles. The standard InChI is InChI=1S/C8H18N2/c1-3-8(4-2)9-6-5-7-10-8/h9-10H,3-7H2,1-2H3. The first-order valence-corrected chi connectivity index (χ1v) is 4.33. The van der Waals surface area contributed by atoms with Crippen molar-refractivity contribution in [3.63, 3.8) is 0 Å². The lowest BCUT2D eigenvalue weighted by Gasteiger charge is -2.38. The van der Waals surface area contributed by atoms with E-state index < -0.39 is 0 Å². The Balaban J connectivity index is 2.44. The van der Waals surface area contributed by atoms with Gasteiger partial charge >= 0.3 is 0 Å². The highest BCUT2D eigenvalue weighted by Crippen LogP contribution is 2.13. The van der Waals surface area contributed by atoms with E-state index in [1.54, 1.807) is 0 Å².